The second-order valence-corrected chi connectivity index (χ2v) is 4.75. The monoisotopic (exact) mass is 318 g/mol. The van der Waals surface area contributed by atoms with E-state index >= 15 is 0 Å². The molecule has 114 valence electrons. The predicted octanol–water partition coefficient (Wildman–Crippen LogP) is 3.12. The molecule has 0 atom stereocenters. The van der Waals surface area contributed by atoms with Gasteiger partial charge in [-0.2, -0.15) is 5.10 Å². The molecule has 1 amide bonds. The second kappa shape index (κ2) is 7.47. The van der Waals surface area contributed by atoms with Crippen molar-refractivity contribution in [2.24, 2.45) is 5.10 Å². The molecule has 0 unspecified atom stereocenters. The SMILES string of the molecule is COc1ccc(C(=O)N/N=C\c2ccc(Cl)cc2)c(OC)c1. The number of nitrogens with zero attached hydrogens (tertiary/aromatic N) is 1. The summed E-state index contributed by atoms with van der Waals surface area (Å²) >= 11 is 5.80. The first kappa shape index (κ1) is 15.9. The number of rotatable bonds is 5. The van der Waals surface area contributed by atoms with E-state index < -0.39 is 0 Å². The summed E-state index contributed by atoms with van der Waals surface area (Å²) in [6.07, 6.45) is 1.53. The van der Waals surface area contributed by atoms with Gasteiger partial charge in [0.1, 0.15) is 11.5 Å². The lowest BCUT2D eigenvalue weighted by Gasteiger charge is -2.08. The molecule has 2 aromatic carbocycles. The van der Waals surface area contributed by atoms with Gasteiger partial charge in [-0.05, 0) is 29.8 Å². The van der Waals surface area contributed by atoms with Crippen LogP contribution < -0.4 is 14.9 Å². The molecule has 0 fully saturated rings. The molecule has 22 heavy (non-hydrogen) atoms. The average molecular weight is 319 g/mol. The summed E-state index contributed by atoms with van der Waals surface area (Å²) < 4.78 is 10.3. The number of methoxy groups -OCH3 is 2. The Labute approximate surface area is 133 Å². The zero-order valence-corrected chi connectivity index (χ0v) is 12.9. The smallest absolute Gasteiger partial charge is 0.275 e. The van der Waals surface area contributed by atoms with Crippen molar-refractivity contribution in [3.05, 3.63) is 58.6 Å². The first-order valence-electron chi connectivity index (χ1n) is 6.45. The van der Waals surface area contributed by atoms with Gasteiger partial charge in [0.15, 0.2) is 0 Å². The third-order valence-electron chi connectivity index (χ3n) is 2.90. The minimum atomic E-state index is -0.371. The molecule has 0 spiro atoms. The van der Waals surface area contributed by atoms with Crippen molar-refractivity contribution in [3.8, 4) is 11.5 Å². The molecule has 0 aliphatic rings. The van der Waals surface area contributed by atoms with Crippen molar-refractivity contribution in [3.63, 3.8) is 0 Å². The predicted molar refractivity (Wildman–Crippen MR) is 86.1 cm³/mol. The van der Waals surface area contributed by atoms with Crippen LogP contribution in [0.25, 0.3) is 0 Å². The second-order valence-electron chi connectivity index (χ2n) is 4.32. The highest BCUT2D eigenvalue weighted by Crippen LogP contribution is 2.24. The van der Waals surface area contributed by atoms with E-state index in [1.807, 2.05) is 0 Å². The normalized spacial score (nSPS) is 10.5. The van der Waals surface area contributed by atoms with Gasteiger partial charge in [-0.25, -0.2) is 5.43 Å². The van der Waals surface area contributed by atoms with E-state index in [0.29, 0.717) is 22.1 Å². The fourth-order valence-electron chi connectivity index (χ4n) is 1.76. The Balaban J connectivity index is 2.07. The molecule has 0 bridgehead atoms. The molecule has 2 rings (SSSR count). The van der Waals surface area contributed by atoms with Crippen LogP contribution in [0.4, 0.5) is 0 Å². The van der Waals surface area contributed by atoms with Crippen LogP contribution in [0.2, 0.25) is 5.02 Å². The summed E-state index contributed by atoms with van der Waals surface area (Å²) in [7, 11) is 3.04. The molecule has 0 aliphatic heterocycles. The van der Waals surface area contributed by atoms with Gasteiger partial charge in [0.2, 0.25) is 0 Å². The molecule has 0 radical (unpaired) electrons. The van der Waals surface area contributed by atoms with E-state index in [9.17, 15) is 4.79 Å². The van der Waals surface area contributed by atoms with E-state index in [1.54, 1.807) is 49.6 Å². The number of benzene rings is 2. The molecule has 1 N–H and O–H groups in total. The van der Waals surface area contributed by atoms with Gasteiger partial charge in [0.05, 0.1) is 26.0 Å². The quantitative estimate of drug-likeness (QED) is 0.680. The van der Waals surface area contributed by atoms with Gasteiger partial charge in [-0.3, -0.25) is 4.79 Å². The molecule has 0 saturated carbocycles. The minimum absolute atomic E-state index is 0.371. The third-order valence-corrected chi connectivity index (χ3v) is 3.16. The van der Waals surface area contributed by atoms with Crippen molar-refractivity contribution >= 4 is 23.7 Å². The highest BCUT2D eigenvalue weighted by molar-refractivity contribution is 6.30. The van der Waals surface area contributed by atoms with Crippen LogP contribution in [0.1, 0.15) is 15.9 Å². The van der Waals surface area contributed by atoms with Gasteiger partial charge in [0.25, 0.3) is 5.91 Å². The first-order valence-corrected chi connectivity index (χ1v) is 6.83. The van der Waals surface area contributed by atoms with Gasteiger partial charge >= 0.3 is 0 Å². The van der Waals surface area contributed by atoms with E-state index in [0.717, 1.165) is 5.56 Å². The fraction of sp³-hybridized carbons (Fsp3) is 0.125. The molecule has 0 saturated heterocycles. The summed E-state index contributed by atoms with van der Waals surface area (Å²) in [4.78, 5) is 12.1. The van der Waals surface area contributed by atoms with Crippen molar-refractivity contribution in [2.45, 2.75) is 0 Å². The van der Waals surface area contributed by atoms with E-state index in [2.05, 4.69) is 10.5 Å². The highest BCUT2D eigenvalue weighted by atomic mass is 35.5. The van der Waals surface area contributed by atoms with E-state index in [4.69, 9.17) is 21.1 Å². The van der Waals surface area contributed by atoms with Crippen LogP contribution in [-0.2, 0) is 0 Å². The maximum absolute atomic E-state index is 12.1. The Bertz CT molecular complexity index is 684. The third kappa shape index (κ3) is 3.99. The summed E-state index contributed by atoms with van der Waals surface area (Å²) in [5, 5.41) is 4.55. The molecule has 5 nitrogen and oxygen atoms in total. The van der Waals surface area contributed by atoms with Gasteiger partial charge in [-0.15, -0.1) is 0 Å². The number of hydrazone groups is 1. The molecule has 6 heteroatoms. The fourth-order valence-corrected chi connectivity index (χ4v) is 1.89. The van der Waals surface area contributed by atoms with Crippen LogP contribution in [0, 0.1) is 0 Å². The van der Waals surface area contributed by atoms with E-state index in [1.165, 1.54) is 13.3 Å². The van der Waals surface area contributed by atoms with Crippen LogP contribution in [-0.4, -0.2) is 26.3 Å². The van der Waals surface area contributed by atoms with Crippen LogP contribution in [0.3, 0.4) is 0 Å². The Morgan fingerprint density at radius 1 is 1.14 bits per heavy atom. The highest BCUT2D eigenvalue weighted by Gasteiger charge is 2.12. The lowest BCUT2D eigenvalue weighted by molar-refractivity contribution is 0.0952. The Morgan fingerprint density at radius 2 is 1.86 bits per heavy atom. The number of hydrogen-bond acceptors (Lipinski definition) is 4. The van der Waals surface area contributed by atoms with Crippen LogP contribution in [0.5, 0.6) is 11.5 Å². The number of halogens is 1. The van der Waals surface area contributed by atoms with Gasteiger partial charge in [-0.1, -0.05) is 23.7 Å². The van der Waals surface area contributed by atoms with Crippen molar-refractivity contribution in [2.75, 3.05) is 14.2 Å². The minimum Gasteiger partial charge on any atom is -0.497 e. The zero-order valence-electron chi connectivity index (χ0n) is 12.2. The molecule has 2 aromatic rings. The average Bonchev–Trinajstić information content (AvgIpc) is 2.55. The molecular weight excluding hydrogens is 304 g/mol. The standard InChI is InChI=1S/C16H15ClN2O3/c1-21-13-7-8-14(15(9-13)22-2)16(20)19-18-10-11-3-5-12(17)6-4-11/h3-10H,1-2H3,(H,19,20)/b18-10-. The van der Waals surface area contributed by atoms with Gasteiger partial charge < -0.3 is 9.47 Å². The maximum atomic E-state index is 12.1. The summed E-state index contributed by atoms with van der Waals surface area (Å²) in [5.74, 6) is 0.654. The Hall–Kier alpha value is -2.53. The Kier molecular flexibility index (Phi) is 5.38. The molecule has 0 aliphatic carbocycles. The number of nitrogens with one attached hydrogen (secondary N) is 1. The number of ether oxygens (including phenoxy) is 2. The molecule has 0 heterocycles. The van der Waals surface area contributed by atoms with E-state index in [-0.39, 0.29) is 5.91 Å². The van der Waals surface area contributed by atoms with Crippen molar-refractivity contribution < 1.29 is 14.3 Å². The lowest BCUT2D eigenvalue weighted by atomic mass is 10.2. The molecule has 0 aromatic heterocycles. The zero-order chi connectivity index (χ0) is 15.9. The summed E-state index contributed by atoms with van der Waals surface area (Å²) in [5.41, 5.74) is 3.65. The van der Waals surface area contributed by atoms with Crippen molar-refractivity contribution in [1.29, 1.82) is 0 Å². The number of hydrogen-bond donors (Lipinski definition) is 1. The number of carbonyl (C=O) groups excluding carboxylic acids is 1. The van der Waals surface area contributed by atoms with Crippen LogP contribution in [0.15, 0.2) is 47.6 Å². The topological polar surface area (TPSA) is 59.9 Å². The summed E-state index contributed by atoms with van der Waals surface area (Å²) in [6, 6.07) is 12.0. The largest absolute Gasteiger partial charge is 0.497 e. The Morgan fingerprint density at radius 3 is 2.50 bits per heavy atom. The van der Waals surface area contributed by atoms with Crippen molar-refractivity contribution in [1.82, 2.24) is 5.43 Å². The maximum Gasteiger partial charge on any atom is 0.275 e. The molecular formula is C16H15ClN2O3. The number of carbonyl (C=O) groups is 1. The van der Waals surface area contributed by atoms with Crippen LogP contribution >= 0.6 is 11.6 Å². The number of amides is 1. The first-order chi connectivity index (χ1) is 10.6. The van der Waals surface area contributed by atoms with Gasteiger partial charge in [0, 0.05) is 11.1 Å². The summed E-state index contributed by atoms with van der Waals surface area (Å²) in [6.45, 7) is 0. The lowest BCUT2D eigenvalue weighted by Crippen LogP contribution is -2.18.